The third-order valence-electron chi connectivity index (χ3n) is 5.17. The lowest BCUT2D eigenvalue weighted by Gasteiger charge is -2.34. The van der Waals surface area contributed by atoms with Gasteiger partial charge in [0.05, 0.1) is 12.0 Å². The van der Waals surface area contributed by atoms with Crippen LogP contribution in [0.15, 0.2) is 28.8 Å². The number of piperidine rings is 1. The van der Waals surface area contributed by atoms with Gasteiger partial charge in [-0.2, -0.15) is 4.98 Å². The maximum Gasteiger partial charge on any atom is 0.239 e. The van der Waals surface area contributed by atoms with Crippen molar-refractivity contribution in [2.24, 2.45) is 11.7 Å². The molecule has 1 aliphatic rings. The minimum Gasteiger partial charge on any atom is -0.341 e. The summed E-state index contributed by atoms with van der Waals surface area (Å²) < 4.78 is 5.48. The molecule has 8 heteroatoms. The molecule has 1 fully saturated rings. The zero-order chi connectivity index (χ0) is 18.7. The molecule has 1 saturated heterocycles. The number of nitrogens with zero attached hydrogens (tertiary/aromatic N) is 3. The maximum absolute atomic E-state index is 12.7. The Hall–Kier alpha value is -1.63. The van der Waals surface area contributed by atoms with Crippen LogP contribution in [0.4, 0.5) is 0 Å². The summed E-state index contributed by atoms with van der Waals surface area (Å²) in [6, 6.07) is 6.86. The van der Waals surface area contributed by atoms with Crippen LogP contribution in [0.1, 0.15) is 44.9 Å². The molecule has 0 saturated carbocycles. The highest BCUT2D eigenvalue weighted by molar-refractivity contribution is 6.30. The molecule has 0 radical (unpaired) electrons. The van der Waals surface area contributed by atoms with E-state index in [0.29, 0.717) is 23.3 Å². The van der Waals surface area contributed by atoms with Crippen molar-refractivity contribution in [3.05, 3.63) is 35.2 Å². The fraction of sp³-hybridized carbons (Fsp3) is 0.526. The minimum atomic E-state index is -0.453. The molecular weight excluding hydrogens is 387 g/mol. The highest BCUT2D eigenvalue weighted by atomic mass is 35.5. The van der Waals surface area contributed by atoms with E-state index in [1.54, 1.807) is 12.1 Å². The highest BCUT2D eigenvalue weighted by Crippen LogP contribution is 2.28. The average Bonchev–Trinajstić information content (AvgIpc) is 3.17. The van der Waals surface area contributed by atoms with Gasteiger partial charge < -0.3 is 15.2 Å². The molecule has 1 aromatic carbocycles. The lowest BCUT2D eigenvalue weighted by atomic mass is 9.94. The molecule has 0 bridgehead atoms. The molecule has 2 heterocycles. The van der Waals surface area contributed by atoms with Gasteiger partial charge in [0.2, 0.25) is 17.6 Å². The quantitative estimate of drug-likeness (QED) is 0.804. The Morgan fingerprint density at radius 2 is 2.11 bits per heavy atom. The molecule has 27 heavy (non-hydrogen) atoms. The summed E-state index contributed by atoms with van der Waals surface area (Å²) in [5, 5.41) is 4.74. The maximum atomic E-state index is 12.7. The van der Waals surface area contributed by atoms with E-state index in [-0.39, 0.29) is 30.2 Å². The van der Waals surface area contributed by atoms with Crippen molar-refractivity contribution in [2.75, 3.05) is 13.1 Å². The summed E-state index contributed by atoms with van der Waals surface area (Å²) in [4.78, 5) is 19.0. The SMILES string of the molecule is CCC(C)C(N)C(=O)N1CCCC(c2nc(-c3ccc(Cl)cc3)no2)C1.Cl. The van der Waals surface area contributed by atoms with Crippen LogP contribution >= 0.6 is 24.0 Å². The summed E-state index contributed by atoms with van der Waals surface area (Å²) in [6.45, 7) is 5.37. The summed E-state index contributed by atoms with van der Waals surface area (Å²) >= 11 is 5.92. The fourth-order valence-electron chi connectivity index (χ4n) is 3.20. The Bertz CT molecular complexity index is 750. The van der Waals surface area contributed by atoms with Gasteiger partial charge in [-0.05, 0) is 43.0 Å². The highest BCUT2D eigenvalue weighted by Gasteiger charge is 2.32. The molecule has 1 amide bonds. The van der Waals surface area contributed by atoms with Crippen LogP contribution < -0.4 is 5.73 Å². The number of rotatable bonds is 5. The summed E-state index contributed by atoms with van der Waals surface area (Å²) in [5.74, 6) is 1.34. The molecule has 2 aromatic rings. The molecule has 3 rings (SSSR count). The number of carbonyl (C=O) groups excluding carboxylic acids is 1. The number of nitrogens with two attached hydrogens (primary N) is 1. The van der Waals surface area contributed by atoms with Crippen molar-refractivity contribution in [2.45, 2.75) is 45.1 Å². The standard InChI is InChI=1S/C19H25ClN4O2.ClH/c1-3-12(2)16(21)19(25)24-10-4-5-14(11-24)18-22-17(23-26-18)13-6-8-15(20)9-7-13;/h6-9,12,14,16H,3-5,10-11,21H2,1-2H3;1H. The Morgan fingerprint density at radius 3 is 2.78 bits per heavy atom. The molecule has 3 atom stereocenters. The van der Waals surface area contributed by atoms with Gasteiger partial charge in [-0.3, -0.25) is 4.79 Å². The predicted molar refractivity (Wildman–Crippen MR) is 108 cm³/mol. The number of hydrogen-bond donors (Lipinski definition) is 1. The van der Waals surface area contributed by atoms with Crippen LogP contribution in [0.5, 0.6) is 0 Å². The Labute approximate surface area is 170 Å². The van der Waals surface area contributed by atoms with E-state index in [0.717, 1.165) is 31.4 Å². The lowest BCUT2D eigenvalue weighted by Crippen LogP contribution is -2.50. The molecule has 2 N–H and O–H groups in total. The molecule has 1 aromatic heterocycles. The molecule has 0 spiro atoms. The van der Waals surface area contributed by atoms with Crippen molar-refractivity contribution >= 4 is 29.9 Å². The van der Waals surface area contributed by atoms with Crippen molar-refractivity contribution in [3.8, 4) is 11.4 Å². The van der Waals surface area contributed by atoms with Crippen molar-refractivity contribution in [3.63, 3.8) is 0 Å². The van der Waals surface area contributed by atoms with E-state index in [1.807, 2.05) is 30.9 Å². The first-order chi connectivity index (χ1) is 12.5. The number of benzene rings is 1. The smallest absolute Gasteiger partial charge is 0.239 e. The van der Waals surface area contributed by atoms with Crippen LogP contribution in [0, 0.1) is 5.92 Å². The lowest BCUT2D eigenvalue weighted by molar-refractivity contribution is -0.135. The topological polar surface area (TPSA) is 85.3 Å². The molecule has 1 aliphatic heterocycles. The average molecular weight is 413 g/mol. The number of amides is 1. The van der Waals surface area contributed by atoms with Crippen molar-refractivity contribution in [1.29, 1.82) is 0 Å². The molecule has 0 aliphatic carbocycles. The Kier molecular flexibility index (Phi) is 7.65. The fourth-order valence-corrected chi connectivity index (χ4v) is 3.33. The first-order valence-electron chi connectivity index (χ1n) is 9.13. The second-order valence-corrected chi connectivity index (χ2v) is 7.43. The van der Waals surface area contributed by atoms with Gasteiger partial charge in [0.15, 0.2) is 0 Å². The van der Waals surface area contributed by atoms with E-state index >= 15 is 0 Å². The summed E-state index contributed by atoms with van der Waals surface area (Å²) in [5.41, 5.74) is 6.98. The van der Waals surface area contributed by atoms with Crippen LogP contribution in [0.25, 0.3) is 11.4 Å². The van der Waals surface area contributed by atoms with Crippen LogP contribution in [-0.4, -0.2) is 40.1 Å². The number of carbonyl (C=O) groups is 1. The van der Waals surface area contributed by atoms with Gasteiger partial charge in [-0.1, -0.05) is 37.0 Å². The Balaban J connectivity index is 0.00000261. The zero-order valence-corrected chi connectivity index (χ0v) is 17.2. The van der Waals surface area contributed by atoms with E-state index in [2.05, 4.69) is 10.1 Å². The first-order valence-corrected chi connectivity index (χ1v) is 9.51. The number of likely N-dealkylation sites (tertiary alicyclic amines) is 1. The van der Waals surface area contributed by atoms with Crippen molar-refractivity contribution < 1.29 is 9.32 Å². The van der Waals surface area contributed by atoms with Crippen molar-refractivity contribution in [1.82, 2.24) is 15.0 Å². The van der Waals surface area contributed by atoms with E-state index < -0.39 is 6.04 Å². The van der Waals surface area contributed by atoms with Crippen LogP contribution in [-0.2, 0) is 4.79 Å². The molecular formula is C19H26Cl2N4O2. The van der Waals surface area contributed by atoms with Crippen LogP contribution in [0.3, 0.4) is 0 Å². The number of hydrogen-bond acceptors (Lipinski definition) is 5. The van der Waals surface area contributed by atoms with E-state index in [4.69, 9.17) is 21.9 Å². The normalized spacial score (nSPS) is 19.3. The second kappa shape index (κ2) is 9.53. The molecule has 148 valence electrons. The monoisotopic (exact) mass is 412 g/mol. The number of halogens is 2. The van der Waals surface area contributed by atoms with Crippen LogP contribution in [0.2, 0.25) is 5.02 Å². The zero-order valence-electron chi connectivity index (χ0n) is 15.6. The minimum absolute atomic E-state index is 0. The largest absolute Gasteiger partial charge is 0.341 e. The van der Waals surface area contributed by atoms with Gasteiger partial charge in [0.25, 0.3) is 0 Å². The third kappa shape index (κ3) is 5.00. The van der Waals surface area contributed by atoms with Gasteiger partial charge in [0, 0.05) is 23.7 Å². The van der Waals surface area contributed by atoms with Gasteiger partial charge in [-0.25, -0.2) is 0 Å². The number of aromatic nitrogens is 2. The molecule has 6 nitrogen and oxygen atoms in total. The predicted octanol–water partition coefficient (Wildman–Crippen LogP) is 3.89. The van der Waals surface area contributed by atoms with Gasteiger partial charge in [-0.15, -0.1) is 12.4 Å². The Morgan fingerprint density at radius 1 is 1.41 bits per heavy atom. The van der Waals surface area contributed by atoms with Gasteiger partial charge >= 0.3 is 0 Å². The summed E-state index contributed by atoms with van der Waals surface area (Å²) in [7, 11) is 0. The third-order valence-corrected chi connectivity index (χ3v) is 5.42. The molecule has 3 unspecified atom stereocenters. The second-order valence-electron chi connectivity index (χ2n) is 7.00. The first kappa shape index (κ1) is 21.7. The summed E-state index contributed by atoms with van der Waals surface area (Å²) in [6.07, 6.45) is 2.71. The van der Waals surface area contributed by atoms with E-state index in [9.17, 15) is 4.79 Å². The van der Waals surface area contributed by atoms with E-state index in [1.165, 1.54) is 0 Å². The van der Waals surface area contributed by atoms with Gasteiger partial charge in [0.1, 0.15) is 0 Å².